The number of aromatic nitrogens is 2. The summed E-state index contributed by atoms with van der Waals surface area (Å²) < 4.78 is 13.7. The van der Waals surface area contributed by atoms with E-state index in [0.29, 0.717) is 11.8 Å². The van der Waals surface area contributed by atoms with Gasteiger partial charge < -0.3 is 10.6 Å². The van der Waals surface area contributed by atoms with Crippen LogP contribution in [0.4, 0.5) is 21.8 Å². The molecular formula is C12H12ClFN4. The Morgan fingerprint density at radius 2 is 2.06 bits per heavy atom. The molecule has 0 saturated heterocycles. The minimum Gasteiger partial charge on any atom is -0.357 e. The first-order valence-corrected chi connectivity index (χ1v) is 5.72. The molecule has 2 aromatic rings. The fourth-order valence-corrected chi connectivity index (χ4v) is 1.66. The molecule has 0 bridgehead atoms. The molecule has 2 rings (SSSR count). The molecule has 6 heteroatoms. The van der Waals surface area contributed by atoms with Gasteiger partial charge in [0.2, 0.25) is 5.95 Å². The average Bonchev–Trinajstić information content (AvgIpc) is 2.34. The molecule has 4 nitrogen and oxygen atoms in total. The van der Waals surface area contributed by atoms with Crippen molar-refractivity contribution in [1.82, 2.24) is 9.97 Å². The van der Waals surface area contributed by atoms with Gasteiger partial charge in [0, 0.05) is 18.8 Å². The lowest BCUT2D eigenvalue weighted by Gasteiger charge is -2.09. The highest BCUT2D eigenvalue weighted by Crippen LogP contribution is 2.25. The van der Waals surface area contributed by atoms with Gasteiger partial charge in [0.1, 0.15) is 5.82 Å². The van der Waals surface area contributed by atoms with Crippen LogP contribution in [0.1, 0.15) is 5.69 Å². The molecule has 0 amide bonds. The van der Waals surface area contributed by atoms with Crippen molar-refractivity contribution in [2.75, 3.05) is 17.7 Å². The van der Waals surface area contributed by atoms with Crippen molar-refractivity contribution in [1.29, 1.82) is 0 Å². The number of hydrogen-bond donors (Lipinski definition) is 2. The number of nitrogens with zero attached hydrogens (tertiary/aromatic N) is 2. The van der Waals surface area contributed by atoms with Gasteiger partial charge in [-0.05, 0) is 19.1 Å². The van der Waals surface area contributed by atoms with Crippen LogP contribution in [-0.2, 0) is 0 Å². The highest BCUT2D eigenvalue weighted by atomic mass is 35.5. The first-order valence-electron chi connectivity index (χ1n) is 5.34. The SMILES string of the molecule is CNc1nc(C)cc(Nc2cccc(Cl)c2F)n1. The molecule has 0 atom stereocenters. The molecule has 0 saturated carbocycles. The van der Waals surface area contributed by atoms with Crippen LogP contribution in [-0.4, -0.2) is 17.0 Å². The molecular weight excluding hydrogens is 255 g/mol. The highest BCUT2D eigenvalue weighted by molar-refractivity contribution is 6.31. The summed E-state index contributed by atoms with van der Waals surface area (Å²) in [6.07, 6.45) is 0. The first-order chi connectivity index (χ1) is 8.60. The standard InChI is InChI=1S/C12H12ClFN4/c1-7-6-10(18-12(15-2)16-7)17-9-5-3-4-8(13)11(9)14/h3-6H,1-2H3,(H2,15,16,17,18). The Bertz CT molecular complexity index is 574. The molecule has 1 heterocycles. The van der Waals surface area contributed by atoms with E-state index in [-0.39, 0.29) is 10.7 Å². The van der Waals surface area contributed by atoms with Crippen molar-refractivity contribution in [3.63, 3.8) is 0 Å². The molecule has 1 aromatic heterocycles. The lowest BCUT2D eigenvalue weighted by Crippen LogP contribution is -2.02. The molecule has 1 aromatic carbocycles. The number of hydrogen-bond acceptors (Lipinski definition) is 4. The van der Waals surface area contributed by atoms with Crippen molar-refractivity contribution < 1.29 is 4.39 Å². The number of rotatable bonds is 3. The van der Waals surface area contributed by atoms with Crippen LogP contribution in [0.2, 0.25) is 5.02 Å². The van der Waals surface area contributed by atoms with E-state index in [0.717, 1.165) is 5.69 Å². The van der Waals surface area contributed by atoms with Crippen LogP contribution < -0.4 is 10.6 Å². The minimum atomic E-state index is -0.499. The van der Waals surface area contributed by atoms with Crippen LogP contribution in [0.25, 0.3) is 0 Å². The fourth-order valence-electron chi connectivity index (χ4n) is 1.48. The highest BCUT2D eigenvalue weighted by Gasteiger charge is 2.08. The lowest BCUT2D eigenvalue weighted by molar-refractivity contribution is 0.632. The van der Waals surface area contributed by atoms with Crippen LogP contribution in [0.5, 0.6) is 0 Å². The summed E-state index contributed by atoms with van der Waals surface area (Å²) in [6, 6.07) is 6.48. The number of nitrogens with one attached hydrogen (secondary N) is 2. The van der Waals surface area contributed by atoms with E-state index in [1.54, 1.807) is 25.2 Å². The number of anilines is 3. The van der Waals surface area contributed by atoms with Gasteiger partial charge in [-0.1, -0.05) is 17.7 Å². The molecule has 0 aliphatic heterocycles. The fraction of sp³-hybridized carbons (Fsp3) is 0.167. The van der Waals surface area contributed by atoms with Crippen molar-refractivity contribution >= 4 is 29.1 Å². The molecule has 0 aliphatic carbocycles. The molecule has 0 unspecified atom stereocenters. The molecule has 0 spiro atoms. The summed E-state index contributed by atoms with van der Waals surface area (Å²) in [6.45, 7) is 1.84. The summed E-state index contributed by atoms with van der Waals surface area (Å²) in [5.74, 6) is 0.481. The molecule has 2 N–H and O–H groups in total. The third-order valence-corrected chi connectivity index (χ3v) is 2.58. The quantitative estimate of drug-likeness (QED) is 0.894. The van der Waals surface area contributed by atoms with Crippen LogP contribution in [0.3, 0.4) is 0 Å². The largest absolute Gasteiger partial charge is 0.357 e. The molecule has 0 aliphatic rings. The number of benzene rings is 1. The Labute approximate surface area is 109 Å². The number of aryl methyl sites for hydroxylation is 1. The third kappa shape index (κ3) is 2.68. The maximum atomic E-state index is 13.7. The first kappa shape index (κ1) is 12.6. The predicted molar refractivity (Wildman–Crippen MR) is 71.0 cm³/mol. The maximum absolute atomic E-state index is 13.7. The van der Waals surface area contributed by atoms with Gasteiger partial charge in [-0.2, -0.15) is 4.98 Å². The molecule has 0 radical (unpaired) electrons. The Balaban J connectivity index is 2.34. The topological polar surface area (TPSA) is 49.8 Å². The Hall–Kier alpha value is -1.88. The zero-order chi connectivity index (χ0) is 13.1. The normalized spacial score (nSPS) is 10.2. The van der Waals surface area contributed by atoms with Gasteiger partial charge in [0.15, 0.2) is 5.82 Å². The predicted octanol–water partition coefficient (Wildman–Crippen LogP) is 3.36. The van der Waals surface area contributed by atoms with Gasteiger partial charge in [-0.3, -0.25) is 0 Å². The second kappa shape index (κ2) is 5.18. The summed E-state index contributed by atoms with van der Waals surface area (Å²) >= 11 is 5.71. The summed E-state index contributed by atoms with van der Waals surface area (Å²) in [5.41, 5.74) is 1.06. The zero-order valence-electron chi connectivity index (χ0n) is 9.96. The maximum Gasteiger partial charge on any atom is 0.224 e. The second-order valence-electron chi connectivity index (χ2n) is 3.69. The van der Waals surface area contributed by atoms with Crippen LogP contribution in [0, 0.1) is 12.7 Å². The smallest absolute Gasteiger partial charge is 0.224 e. The third-order valence-electron chi connectivity index (χ3n) is 2.29. The monoisotopic (exact) mass is 266 g/mol. The van der Waals surface area contributed by atoms with Crippen molar-refractivity contribution in [2.24, 2.45) is 0 Å². The Morgan fingerprint density at radius 1 is 1.28 bits per heavy atom. The van der Waals surface area contributed by atoms with Gasteiger partial charge in [-0.15, -0.1) is 0 Å². The average molecular weight is 267 g/mol. The van der Waals surface area contributed by atoms with Gasteiger partial charge in [0.05, 0.1) is 10.7 Å². The molecule has 18 heavy (non-hydrogen) atoms. The second-order valence-corrected chi connectivity index (χ2v) is 4.10. The van der Waals surface area contributed by atoms with Crippen LogP contribution in [0.15, 0.2) is 24.3 Å². The Kier molecular flexibility index (Phi) is 3.62. The van der Waals surface area contributed by atoms with E-state index in [9.17, 15) is 4.39 Å². The van der Waals surface area contributed by atoms with Gasteiger partial charge in [0.25, 0.3) is 0 Å². The van der Waals surface area contributed by atoms with E-state index < -0.39 is 5.82 Å². The van der Waals surface area contributed by atoms with E-state index >= 15 is 0 Å². The van der Waals surface area contributed by atoms with Crippen LogP contribution >= 0.6 is 11.6 Å². The molecule has 94 valence electrons. The Morgan fingerprint density at radius 3 is 2.78 bits per heavy atom. The summed E-state index contributed by atoms with van der Waals surface area (Å²) in [5, 5.41) is 5.79. The zero-order valence-corrected chi connectivity index (χ0v) is 10.7. The van der Waals surface area contributed by atoms with E-state index in [1.165, 1.54) is 6.07 Å². The van der Waals surface area contributed by atoms with E-state index in [4.69, 9.17) is 11.6 Å². The van der Waals surface area contributed by atoms with E-state index in [2.05, 4.69) is 20.6 Å². The van der Waals surface area contributed by atoms with E-state index in [1.807, 2.05) is 6.92 Å². The molecule has 0 fully saturated rings. The van der Waals surface area contributed by atoms with Crippen molar-refractivity contribution in [3.05, 3.63) is 40.8 Å². The number of halogens is 2. The lowest BCUT2D eigenvalue weighted by atomic mass is 10.3. The van der Waals surface area contributed by atoms with Crippen molar-refractivity contribution in [3.8, 4) is 0 Å². The van der Waals surface area contributed by atoms with Crippen molar-refractivity contribution in [2.45, 2.75) is 6.92 Å². The minimum absolute atomic E-state index is 0.0691. The van der Waals surface area contributed by atoms with Gasteiger partial charge in [-0.25, -0.2) is 9.37 Å². The summed E-state index contributed by atoms with van der Waals surface area (Å²) in [4.78, 5) is 8.33. The van der Waals surface area contributed by atoms with Gasteiger partial charge >= 0.3 is 0 Å². The summed E-state index contributed by atoms with van der Waals surface area (Å²) in [7, 11) is 1.72.